The minimum Gasteiger partial charge on any atom is -0.393 e. The first-order valence-electron chi connectivity index (χ1n) is 6.28. The summed E-state index contributed by atoms with van der Waals surface area (Å²) in [5.41, 5.74) is 8.88. The summed E-state index contributed by atoms with van der Waals surface area (Å²) in [6.07, 6.45) is 0. The standard InChI is InChI=1S/C15H17N3O2/c1-11-5-3-4-6-14(11)17(2)10-12-7-8-13(16)15(9-12)18(19)20/h3-9H,10,16H2,1-2H3. The summed E-state index contributed by atoms with van der Waals surface area (Å²) in [6.45, 7) is 2.63. The van der Waals surface area contributed by atoms with Gasteiger partial charge in [-0.1, -0.05) is 24.3 Å². The number of hydrogen-bond acceptors (Lipinski definition) is 4. The topological polar surface area (TPSA) is 72.4 Å². The zero-order chi connectivity index (χ0) is 14.7. The van der Waals surface area contributed by atoms with E-state index in [2.05, 4.69) is 4.90 Å². The molecule has 2 aromatic carbocycles. The van der Waals surface area contributed by atoms with Crippen molar-refractivity contribution in [2.75, 3.05) is 17.7 Å². The molecule has 0 atom stereocenters. The van der Waals surface area contributed by atoms with Crippen molar-refractivity contribution in [2.45, 2.75) is 13.5 Å². The molecular formula is C15H17N3O2. The van der Waals surface area contributed by atoms with Crippen LogP contribution in [0.3, 0.4) is 0 Å². The van der Waals surface area contributed by atoms with Crippen LogP contribution in [0.15, 0.2) is 42.5 Å². The maximum Gasteiger partial charge on any atom is 0.292 e. The SMILES string of the molecule is Cc1ccccc1N(C)Cc1ccc(N)c([N+](=O)[O-])c1. The zero-order valence-electron chi connectivity index (χ0n) is 11.5. The number of aryl methyl sites for hydroxylation is 1. The Morgan fingerprint density at radius 2 is 1.95 bits per heavy atom. The van der Waals surface area contributed by atoms with Gasteiger partial charge in [-0.2, -0.15) is 0 Å². The van der Waals surface area contributed by atoms with Crippen LogP contribution in [-0.4, -0.2) is 12.0 Å². The highest BCUT2D eigenvalue weighted by molar-refractivity contribution is 5.60. The monoisotopic (exact) mass is 271 g/mol. The smallest absolute Gasteiger partial charge is 0.292 e. The molecule has 0 fully saturated rings. The molecule has 0 aliphatic carbocycles. The van der Waals surface area contributed by atoms with Crippen molar-refractivity contribution in [2.24, 2.45) is 0 Å². The average Bonchev–Trinajstić information content (AvgIpc) is 2.41. The minimum absolute atomic E-state index is 0.0410. The molecule has 5 heteroatoms. The lowest BCUT2D eigenvalue weighted by Gasteiger charge is -2.21. The van der Waals surface area contributed by atoms with E-state index in [1.165, 1.54) is 11.6 Å². The van der Waals surface area contributed by atoms with Gasteiger partial charge in [-0.15, -0.1) is 0 Å². The van der Waals surface area contributed by atoms with Crippen LogP contribution in [-0.2, 0) is 6.54 Å². The van der Waals surface area contributed by atoms with Crippen molar-refractivity contribution in [3.63, 3.8) is 0 Å². The highest BCUT2D eigenvalue weighted by Crippen LogP contribution is 2.25. The predicted octanol–water partition coefficient (Wildman–Crippen LogP) is 3.12. The van der Waals surface area contributed by atoms with E-state index in [0.29, 0.717) is 6.54 Å². The number of hydrogen-bond donors (Lipinski definition) is 1. The van der Waals surface area contributed by atoms with Crippen LogP contribution in [0.4, 0.5) is 17.1 Å². The van der Waals surface area contributed by atoms with Gasteiger partial charge < -0.3 is 10.6 Å². The highest BCUT2D eigenvalue weighted by Gasteiger charge is 2.13. The number of para-hydroxylation sites is 1. The maximum atomic E-state index is 10.9. The number of nitrogens with zero attached hydrogens (tertiary/aromatic N) is 2. The number of rotatable bonds is 4. The van der Waals surface area contributed by atoms with E-state index < -0.39 is 4.92 Å². The Bertz CT molecular complexity index is 641. The van der Waals surface area contributed by atoms with E-state index in [4.69, 9.17) is 5.73 Å². The third kappa shape index (κ3) is 2.88. The van der Waals surface area contributed by atoms with Crippen LogP contribution in [0.2, 0.25) is 0 Å². The fourth-order valence-corrected chi connectivity index (χ4v) is 2.20. The van der Waals surface area contributed by atoms with Crippen molar-refractivity contribution in [1.82, 2.24) is 0 Å². The van der Waals surface area contributed by atoms with Crippen molar-refractivity contribution in [3.8, 4) is 0 Å². The number of nitro groups is 1. The highest BCUT2D eigenvalue weighted by atomic mass is 16.6. The Morgan fingerprint density at radius 1 is 1.25 bits per heavy atom. The van der Waals surface area contributed by atoms with Crippen LogP contribution < -0.4 is 10.6 Å². The second kappa shape index (κ2) is 5.61. The Hall–Kier alpha value is -2.56. The molecule has 5 nitrogen and oxygen atoms in total. The quantitative estimate of drug-likeness (QED) is 0.527. The van der Waals surface area contributed by atoms with Crippen molar-refractivity contribution < 1.29 is 4.92 Å². The molecule has 0 heterocycles. The summed E-state index contributed by atoms with van der Waals surface area (Å²) in [4.78, 5) is 12.5. The number of anilines is 2. The summed E-state index contributed by atoms with van der Waals surface area (Å²) < 4.78 is 0. The van der Waals surface area contributed by atoms with Crippen LogP contribution >= 0.6 is 0 Å². The minimum atomic E-state index is -0.452. The average molecular weight is 271 g/mol. The van der Waals surface area contributed by atoms with Gasteiger partial charge in [-0.25, -0.2) is 0 Å². The van der Waals surface area contributed by atoms with E-state index in [9.17, 15) is 10.1 Å². The molecule has 2 aromatic rings. The molecule has 20 heavy (non-hydrogen) atoms. The van der Waals surface area contributed by atoms with Gasteiger partial charge >= 0.3 is 0 Å². The molecule has 2 N–H and O–H groups in total. The van der Waals surface area contributed by atoms with E-state index >= 15 is 0 Å². The molecular weight excluding hydrogens is 254 g/mol. The Kier molecular flexibility index (Phi) is 3.89. The first kappa shape index (κ1) is 13.9. The molecule has 2 rings (SSSR count). The molecule has 0 unspecified atom stereocenters. The molecule has 0 aliphatic heterocycles. The largest absolute Gasteiger partial charge is 0.393 e. The number of nitro benzene ring substituents is 1. The summed E-state index contributed by atoms with van der Waals surface area (Å²) >= 11 is 0. The first-order valence-corrected chi connectivity index (χ1v) is 6.28. The second-order valence-electron chi connectivity index (χ2n) is 4.79. The number of nitrogens with two attached hydrogens (primary N) is 1. The van der Waals surface area contributed by atoms with E-state index in [1.54, 1.807) is 6.07 Å². The van der Waals surface area contributed by atoms with Crippen LogP contribution in [0.1, 0.15) is 11.1 Å². The Morgan fingerprint density at radius 3 is 2.60 bits per heavy atom. The fraction of sp³-hybridized carbons (Fsp3) is 0.200. The second-order valence-corrected chi connectivity index (χ2v) is 4.79. The normalized spacial score (nSPS) is 10.3. The van der Waals surface area contributed by atoms with Crippen molar-refractivity contribution in [3.05, 3.63) is 63.7 Å². The summed E-state index contributed by atoms with van der Waals surface area (Å²) in [7, 11) is 1.96. The molecule has 0 bridgehead atoms. The van der Waals surface area contributed by atoms with Gasteiger partial charge in [0.2, 0.25) is 0 Å². The van der Waals surface area contributed by atoms with Gasteiger partial charge in [-0.3, -0.25) is 10.1 Å². The Labute approximate surface area is 117 Å². The van der Waals surface area contributed by atoms with Crippen molar-refractivity contribution >= 4 is 17.1 Å². The molecule has 104 valence electrons. The third-order valence-corrected chi connectivity index (χ3v) is 3.24. The molecule has 0 radical (unpaired) electrons. The summed E-state index contributed by atoms with van der Waals surface area (Å²) in [5, 5.41) is 10.9. The van der Waals surface area contributed by atoms with Gasteiger partial charge in [0.05, 0.1) is 4.92 Å². The van der Waals surface area contributed by atoms with Crippen LogP contribution in [0.25, 0.3) is 0 Å². The van der Waals surface area contributed by atoms with Gasteiger partial charge in [0.15, 0.2) is 0 Å². The lowest BCUT2D eigenvalue weighted by molar-refractivity contribution is -0.384. The Balaban J connectivity index is 2.24. The predicted molar refractivity (Wildman–Crippen MR) is 80.8 cm³/mol. The molecule has 0 spiro atoms. The van der Waals surface area contributed by atoms with E-state index in [-0.39, 0.29) is 11.4 Å². The lowest BCUT2D eigenvalue weighted by atomic mass is 10.1. The molecule has 0 amide bonds. The van der Waals surface area contributed by atoms with Gasteiger partial charge in [0.1, 0.15) is 5.69 Å². The molecule has 0 aliphatic rings. The molecule has 0 aromatic heterocycles. The fourth-order valence-electron chi connectivity index (χ4n) is 2.20. The van der Waals surface area contributed by atoms with Gasteiger partial charge in [0.25, 0.3) is 5.69 Å². The third-order valence-electron chi connectivity index (χ3n) is 3.24. The summed E-state index contributed by atoms with van der Waals surface area (Å²) in [6, 6.07) is 13.0. The lowest BCUT2D eigenvalue weighted by Crippen LogP contribution is -2.17. The molecule has 0 saturated heterocycles. The van der Waals surface area contributed by atoms with E-state index in [1.807, 2.05) is 44.3 Å². The van der Waals surface area contributed by atoms with Crippen LogP contribution in [0, 0.1) is 17.0 Å². The molecule has 0 saturated carbocycles. The maximum absolute atomic E-state index is 10.9. The number of nitrogen functional groups attached to an aromatic ring is 1. The zero-order valence-corrected chi connectivity index (χ0v) is 11.5. The summed E-state index contributed by atoms with van der Waals surface area (Å²) in [5.74, 6) is 0. The first-order chi connectivity index (χ1) is 9.49. The number of benzene rings is 2. The van der Waals surface area contributed by atoms with Gasteiger partial charge in [0, 0.05) is 25.3 Å². The van der Waals surface area contributed by atoms with Crippen molar-refractivity contribution in [1.29, 1.82) is 0 Å². The van der Waals surface area contributed by atoms with E-state index in [0.717, 1.165) is 11.3 Å². The van der Waals surface area contributed by atoms with Crippen LogP contribution in [0.5, 0.6) is 0 Å². The van der Waals surface area contributed by atoms with Gasteiger partial charge in [-0.05, 0) is 30.2 Å².